The summed E-state index contributed by atoms with van der Waals surface area (Å²) in [4.78, 5) is 39.5. The van der Waals surface area contributed by atoms with Gasteiger partial charge in [0, 0.05) is 50.8 Å². The number of ether oxygens (including phenoxy) is 4. The van der Waals surface area contributed by atoms with E-state index in [4.69, 9.17) is 18.9 Å². The predicted octanol–water partition coefficient (Wildman–Crippen LogP) is 2.46. The van der Waals surface area contributed by atoms with Gasteiger partial charge >= 0.3 is 11.9 Å². The highest BCUT2D eigenvalue weighted by Crippen LogP contribution is 2.10. The van der Waals surface area contributed by atoms with Crippen LogP contribution in [0.4, 0.5) is 0 Å². The number of thioether (sulfide) groups is 1. The number of carboxylic acids is 2. The van der Waals surface area contributed by atoms with Crippen LogP contribution in [-0.2, 0) is 32.0 Å². The number of rotatable bonds is 11. The Morgan fingerprint density at radius 2 is 1.38 bits per heavy atom. The minimum absolute atomic E-state index is 0.00867. The van der Waals surface area contributed by atoms with Crippen LogP contribution in [0.2, 0.25) is 0 Å². The lowest BCUT2D eigenvalue weighted by Gasteiger charge is -2.25. The van der Waals surface area contributed by atoms with Gasteiger partial charge in [-0.2, -0.15) is 11.8 Å². The molecule has 1 aliphatic rings. The van der Waals surface area contributed by atoms with Gasteiger partial charge in [-0.05, 0) is 36.5 Å². The van der Waals surface area contributed by atoms with Crippen LogP contribution in [0.3, 0.4) is 0 Å². The zero-order valence-corrected chi connectivity index (χ0v) is 26.9. The number of aliphatic imine (C=N–C) groups is 1. The Balaban J connectivity index is 1.62. The fourth-order valence-electron chi connectivity index (χ4n) is 4.35. The molecule has 246 valence electrons. The van der Waals surface area contributed by atoms with E-state index < -0.39 is 11.9 Å². The van der Waals surface area contributed by atoms with Gasteiger partial charge in [0.15, 0.2) is 0 Å². The Hall–Kier alpha value is -2.85. The van der Waals surface area contributed by atoms with Gasteiger partial charge in [0.25, 0.3) is 0 Å². The molecule has 0 amide bonds. The van der Waals surface area contributed by atoms with Gasteiger partial charge in [-0.25, -0.2) is 24.5 Å². The molecule has 1 saturated heterocycles. The van der Waals surface area contributed by atoms with Gasteiger partial charge in [-0.15, -0.1) is 0 Å². The predicted molar refractivity (Wildman–Crippen MR) is 172 cm³/mol. The van der Waals surface area contributed by atoms with Crippen molar-refractivity contribution in [3.05, 3.63) is 59.2 Å². The Morgan fingerprint density at radius 3 is 1.91 bits per heavy atom. The van der Waals surface area contributed by atoms with Crippen LogP contribution >= 0.6 is 24.0 Å². The number of carbonyl (C=O) groups is 2. The molecule has 15 heteroatoms. The van der Waals surface area contributed by atoms with Gasteiger partial charge in [0.05, 0.1) is 75.4 Å². The van der Waals surface area contributed by atoms with Gasteiger partial charge in [0.1, 0.15) is 11.4 Å². The molecule has 0 aliphatic carbocycles. The van der Waals surface area contributed by atoms with Crippen molar-refractivity contribution < 1.29 is 38.7 Å². The molecule has 2 N–H and O–H groups in total. The van der Waals surface area contributed by atoms with E-state index in [1.54, 1.807) is 23.9 Å². The van der Waals surface area contributed by atoms with Crippen LogP contribution in [0, 0.1) is 0 Å². The van der Waals surface area contributed by atoms with E-state index in [0.717, 1.165) is 5.75 Å². The Bertz CT molecular complexity index is 1240. The molecule has 3 heterocycles. The number of carboxylic acid groups (broad SMARTS) is 2. The largest absolute Gasteiger partial charge is 0.477 e. The fraction of sp³-hybridized carbons (Fsp3) is 0.567. The standard InChI is InChI=1S/C30H41N5O8S2/c36-29(37)27-5-1-3-24(32-27)19-34-8-12-40-16-17-41-13-9-35(20-25-4-2-6-28(33-25)30(38)39)11-15-43-26(21-42-14-10-34)22-45-18-7-31-23-44/h1-6,26H,7-22H2,(H,36,37)(H,38,39). The number of pyridine rings is 2. The number of isothiocyanates is 1. The summed E-state index contributed by atoms with van der Waals surface area (Å²) in [5, 5.41) is 21.0. The first kappa shape index (κ1) is 36.6. The number of hydrogen-bond acceptors (Lipinski definition) is 13. The van der Waals surface area contributed by atoms with Crippen LogP contribution in [0.25, 0.3) is 0 Å². The summed E-state index contributed by atoms with van der Waals surface area (Å²) in [6, 6.07) is 9.97. The smallest absolute Gasteiger partial charge is 0.354 e. The van der Waals surface area contributed by atoms with E-state index >= 15 is 0 Å². The van der Waals surface area contributed by atoms with Gasteiger partial charge in [-0.1, -0.05) is 12.1 Å². The normalized spacial score (nSPS) is 18.7. The highest BCUT2D eigenvalue weighted by molar-refractivity contribution is 7.99. The molecule has 0 aromatic carbocycles. The SMILES string of the molecule is O=C(O)c1cccc(CN2CCOCCOCCN(Cc3cccc(C(=O)O)n3)CCOC(CSCCN=C=S)COCC2)n1. The number of aromatic nitrogens is 2. The average Bonchev–Trinajstić information content (AvgIpc) is 3.03. The number of hydrogen-bond donors (Lipinski definition) is 2. The van der Waals surface area contributed by atoms with E-state index in [-0.39, 0.29) is 17.5 Å². The first-order valence-electron chi connectivity index (χ1n) is 14.7. The van der Waals surface area contributed by atoms with Crippen LogP contribution in [0.15, 0.2) is 41.4 Å². The van der Waals surface area contributed by atoms with E-state index in [1.165, 1.54) is 12.1 Å². The van der Waals surface area contributed by atoms with Crippen molar-refractivity contribution in [2.45, 2.75) is 19.2 Å². The molecule has 45 heavy (non-hydrogen) atoms. The molecular formula is C30H41N5O8S2. The minimum atomic E-state index is -1.06. The van der Waals surface area contributed by atoms with Crippen molar-refractivity contribution in [2.75, 3.05) is 90.5 Å². The summed E-state index contributed by atoms with van der Waals surface area (Å²) in [6.07, 6.45) is -0.164. The molecular weight excluding hydrogens is 622 g/mol. The lowest BCUT2D eigenvalue weighted by Crippen LogP contribution is -2.35. The second kappa shape index (κ2) is 21.8. The molecule has 0 spiro atoms. The van der Waals surface area contributed by atoms with Crippen molar-refractivity contribution >= 4 is 41.1 Å². The van der Waals surface area contributed by atoms with Gasteiger partial charge in [-0.3, -0.25) is 9.80 Å². The summed E-state index contributed by atoms with van der Waals surface area (Å²) < 4.78 is 24.0. The van der Waals surface area contributed by atoms with Gasteiger partial charge < -0.3 is 29.2 Å². The maximum absolute atomic E-state index is 11.4. The minimum Gasteiger partial charge on any atom is -0.477 e. The molecule has 13 nitrogen and oxygen atoms in total. The van der Waals surface area contributed by atoms with E-state index in [0.29, 0.717) is 109 Å². The van der Waals surface area contributed by atoms with E-state index in [2.05, 4.69) is 42.1 Å². The Morgan fingerprint density at radius 1 is 0.844 bits per heavy atom. The van der Waals surface area contributed by atoms with Crippen LogP contribution in [-0.4, -0.2) is 144 Å². The summed E-state index contributed by atoms with van der Waals surface area (Å²) >= 11 is 6.35. The highest BCUT2D eigenvalue weighted by atomic mass is 32.2. The molecule has 2 aromatic rings. The van der Waals surface area contributed by atoms with E-state index in [9.17, 15) is 19.8 Å². The first-order valence-corrected chi connectivity index (χ1v) is 16.3. The third-order valence-electron chi connectivity index (χ3n) is 6.63. The molecule has 0 saturated carbocycles. The van der Waals surface area contributed by atoms with Crippen molar-refractivity contribution in [2.24, 2.45) is 4.99 Å². The lowest BCUT2D eigenvalue weighted by atomic mass is 10.3. The monoisotopic (exact) mass is 663 g/mol. The zero-order valence-electron chi connectivity index (χ0n) is 25.3. The molecule has 1 atom stereocenters. The third kappa shape index (κ3) is 15.3. The summed E-state index contributed by atoms with van der Waals surface area (Å²) in [6.45, 7) is 6.95. The number of aromatic carboxylic acids is 2. The van der Waals surface area contributed by atoms with Crippen molar-refractivity contribution in [1.29, 1.82) is 0 Å². The molecule has 2 aromatic heterocycles. The second-order valence-electron chi connectivity index (χ2n) is 10.0. The molecule has 0 radical (unpaired) electrons. The molecule has 3 rings (SSSR count). The topological polar surface area (TPSA) is 156 Å². The molecule has 1 unspecified atom stereocenters. The maximum Gasteiger partial charge on any atom is 0.354 e. The summed E-state index contributed by atoms with van der Waals surface area (Å²) in [5.41, 5.74) is 1.33. The first-order chi connectivity index (χ1) is 21.9. The van der Waals surface area contributed by atoms with E-state index in [1.807, 2.05) is 12.1 Å². The molecule has 1 fully saturated rings. The van der Waals surface area contributed by atoms with Crippen LogP contribution < -0.4 is 0 Å². The number of nitrogens with zero attached hydrogens (tertiary/aromatic N) is 5. The average molecular weight is 664 g/mol. The quantitative estimate of drug-likeness (QED) is 0.205. The summed E-state index contributed by atoms with van der Waals surface area (Å²) in [7, 11) is 0. The highest BCUT2D eigenvalue weighted by Gasteiger charge is 2.16. The van der Waals surface area contributed by atoms with Crippen LogP contribution in [0.1, 0.15) is 32.4 Å². The molecule has 0 bridgehead atoms. The summed E-state index contributed by atoms with van der Waals surface area (Å²) in [5.74, 6) is -0.628. The van der Waals surface area contributed by atoms with Gasteiger partial charge in [0.2, 0.25) is 0 Å². The zero-order chi connectivity index (χ0) is 32.1. The Labute approximate surface area is 272 Å². The van der Waals surface area contributed by atoms with Crippen molar-refractivity contribution in [3.8, 4) is 0 Å². The fourth-order valence-corrected chi connectivity index (χ4v) is 5.29. The van der Waals surface area contributed by atoms with Crippen molar-refractivity contribution in [1.82, 2.24) is 19.8 Å². The second-order valence-corrected chi connectivity index (χ2v) is 11.4. The maximum atomic E-state index is 11.4. The van der Waals surface area contributed by atoms with Crippen molar-refractivity contribution in [3.63, 3.8) is 0 Å². The Kier molecular flexibility index (Phi) is 17.7. The lowest BCUT2D eigenvalue weighted by molar-refractivity contribution is -0.0238. The van der Waals surface area contributed by atoms with Crippen LogP contribution in [0.5, 0.6) is 0 Å². The number of thiocarbonyl (C=S) groups is 1. The molecule has 1 aliphatic heterocycles. The third-order valence-corrected chi connectivity index (χ3v) is 7.84.